The van der Waals surface area contributed by atoms with Crippen LogP contribution in [0.15, 0.2) is 12.4 Å². The van der Waals surface area contributed by atoms with E-state index in [4.69, 9.17) is 4.74 Å². The first kappa shape index (κ1) is 13.6. The maximum Gasteiger partial charge on any atom is 0.419 e. The average Bonchev–Trinajstić information content (AvgIpc) is 2.37. The molecule has 1 aromatic rings. The summed E-state index contributed by atoms with van der Waals surface area (Å²) in [5, 5.41) is 0. The van der Waals surface area contributed by atoms with Crippen LogP contribution in [0.25, 0.3) is 0 Å². The third-order valence-corrected chi connectivity index (χ3v) is 3.70. The molecule has 20 heavy (non-hydrogen) atoms. The molecule has 0 unspecified atom stereocenters. The average molecular weight is 288 g/mol. The highest BCUT2D eigenvalue weighted by Crippen LogP contribution is 2.28. The van der Waals surface area contributed by atoms with Crippen LogP contribution in [-0.4, -0.2) is 60.3 Å². The first-order chi connectivity index (χ1) is 9.54. The molecule has 2 aliphatic rings. The molecule has 110 valence electrons. The Morgan fingerprint density at radius 1 is 1.05 bits per heavy atom. The number of halogens is 3. The van der Waals surface area contributed by atoms with Gasteiger partial charge in [0.1, 0.15) is 0 Å². The quantitative estimate of drug-likeness (QED) is 0.812. The summed E-state index contributed by atoms with van der Waals surface area (Å²) in [6, 6.07) is 0.491. The molecule has 3 heterocycles. The minimum atomic E-state index is -4.39. The predicted molar refractivity (Wildman–Crippen MR) is 65.4 cm³/mol. The Morgan fingerprint density at radius 3 is 2.10 bits per heavy atom. The lowest BCUT2D eigenvalue weighted by molar-refractivity contribution is -0.138. The van der Waals surface area contributed by atoms with Crippen LogP contribution in [0.4, 0.5) is 19.1 Å². The maximum atomic E-state index is 12.4. The minimum absolute atomic E-state index is 0.363. The Hall–Kier alpha value is -1.41. The van der Waals surface area contributed by atoms with Gasteiger partial charge >= 0.3 is 6.18 Å². The van der Waals surface area contributed by atoms with Crippen LogP contribution in [0.3, 0.4) is 0 Å². The summed E-state index contributed by atoms with van der Waals surface area (Å²) in [5.41, 5.74) is -0.813. The van der Waals surface area contributed by atoms with Gasteiger partial charge in [-0.25, -0.2) is 9.97 Å². The molecule has 8 heteroatoms. The number of rotatable bonds is 2. The third-order valence-electron chi connectivity index (χ3n) is 3.70. The first-order valence-electron chi connectivity index (χ1n) is 6.50. The normalized spacial score (nSPS) is 21.9. The Kier molecular flexibility index (Phi) is 3.51. The van der Waals surface area contributed by atoms with Crippen molar-refractivity contribution in [2.24, 2.45) is 0 Å². The van der Waals surface area contributed by atoms with Crippen LogP contribution in [0.2, 0.25) is 0 Å². The van der Waals surface area contributed by atoms with Gasteiger partial charge in [0.15, 0.2) is 0 Å². The van der Waals surface area contributed by atoms with E-state index in [-0.39, 0.29) is 0 Å². The fraction of sp³-hybridized carbons (Fsp3) is 0.667. The number of ether oxygens (including phenoxy) is 1. The van der Waals surface area contributed by atoms with Crippen LogP contribution in [0, 0.1) is 0 Å². The number of alkyl halides is 3. The Balaban J connectivity index is 1.60. The lowest BCUT2D eigenvalue weighted by atomic mass is 10.2. The molecule has 0 aliphatic carbocycles. The zero-order valence-corrected chi connectivity index (χ0v) is 10.8. The van der Waals surface area contributed by atoms with E-state index in [1.165, 1.54) is 0 Å². The summed E-state index contributed by atoms with van der Waals surface area (Å²) in [7, 11) is 0. The highest BCUT2D eigenvalue weighted by molar-refractivity contribution is 5.31. The van der Waals surface area contributed by atoms with E-state index in [1.54, 1.807) is 0 Å². The highest BCUT2D eigenvalue weighted by atomic mass is 19.4. The molecule has 0 amide bonds. The highest BCUT2D eigenvalue weighted by Gasteiger charge is 2.32. The molecule has 2 fully saturated rings. The van der Waals surface area contributed by atoms with Crippen molar-refractivity contribution in [3.8, 4) is 0 Å². The number of hydrogen-bond acceptors (Lipinski definition) is 5. The maximum absolute atomic E-state index is 12.4. The molecule has 2 aliphatic heterocycles. The van der Waals surface area contributed by atoms with Crippen molar-refractivity contribution in [3.05, 3.63) is 18.0 Å². The van der Waals surface area contributed by atoms with E-state index >= 15 is 0 Å². The molecule has 0 aromatic carbocycles. The third kappa shape index (κ3) is 2.71. The van der Waals surface area contributed by atoms with Crippen molar-refractivity contribution in [1.82, 2.24) is 14.9 Å². The number of piperazine rings is 1. The van der Waals surface area contributed by atoms with Gasteiger partial charge in [0, 0.05) is 38.6 Å². The summed E-state index contributed by atoms with van der Waals surface area (Å²) in [6.07, 6.45) is -2.70. The smallest absolute Gasteiger partial charge is 0.378 e. The van der Waals surface area contributed by atoms with Crippen molar-refractivity contribution in [2.45, 2.75) is 12.2 Å². The molecule has 0 saturated carbocycles. The topological polar surface area (TPSA) is 41.5 Å². The predicted octanol–water partition coefficient (Wildman–Crippen LogP) is 1.02. The van der Waals surface area contributed by atoms with Gasteiger partial charge in [-0.3, -0.25) is 4.90 Å². The summed E-state index contributed by atoms with van der Waals surface area (Å²) in [5.74, 6) is 0.363. The van der Waals surface area contributed by atoms with E-state index in [0.29, 0.717) is 12.0 Å². The molecule has 0 bridgehead atoms. The Labute approximate surface area is 114 Å². The van der Waals surface area contributed by atoms with Gasteiger partial charge in [0.2, 0.25) is 5.95 Å². The molecular formula is C12H15F3N4O. The molecule has 5 nitrogen and oxygen atoms in total. The van der Waals surface area contributed by atoms with Gasteiger partial charge < -0.3 is 9.64 Å². The van der Waals surface area contributed by atoms with Crippen LogP contribution in [0.5, 0.6) is 0 Å². The van der Waals surface area contributed by atoms with Crippen LogP contribution in [-0.2, 0) is 10.9 Å². The minimum Gasteiger partial charge on any atom is -0.378 e. The van der Waals surface area contributed by atoms with Gasteiger partial charge in [0.05, 0.1) is 24.8 Å². The summed E-state index contributed by atoms with van der Waals surface area (Å²) in [4.78, 5) is 11.9. The van der Waals surface area contributed by atoms with Crippen molar-refractivity contribution in [1.29, 1.82) is 0 Å². The number of nitrogens with zero attached hydrogens (tertiary/aromatic N) is 4. The van der Waals surface area contributed by atoms with Gasteiger partial charge in [-0.2, -0.15) is 13.2 Å². The summed E-state index contributed by atoms with van der Waals surface area (Å²) < 4.78 is 42.5. The monoisotopic (exact) mass is 288 g/mol. The van der Waals surface area contributed by atoms with Crippen LogP contribution in [0.1, 0.15) is 5.56 Å². The van der Waals surface area contributed by atoms with Gasteiger partial charge in [-0.1, -0.05) is 0 Å². The van der Waals surface area contributed by atoms with Crippen molar-refractivity contribution < 1.29 is 17.9 Å². The lowest BCUT2D eigenvalue weighted by Gasteiger charge is -2.42. The van der Waals surface area contributed by atoms with Crippen molar-refractivity contribution in [2.75, 3.05) is 44.3 Å². The second kappa shape index (κ2) is 5.17. The molecule has 0 atom stereocenters. The number of aromatic nitrogens is 2. The second-order valence-corrected chi connectivity index (χ2v) is 4.98. The standard InChI is InChI=1S/C12H15F3N4O/c13-12(14,15)9-5-16-11(17-6-9)19-3-1-18(2-4-19)10-7-20-8-10/h5-6,10H,1-4,7-8H2. The molecule has 1 aromatic heterocycles. The molecule has 0 N–H and O–H groups in total. The molecular weight excluding hydrogens is 273 g/mol. The van der Waals surface area contributed by atoms with E-state index in [1.807, 2.05) is 4.90 Å². The van der Waals surface area contributed by atoms with Crippen molar-refractivity contribution in [3.63, 3.8) is 0 Å². The van der Waals surface area contributed by atoms with Gasteiger partial charge in [-0.05, 0) is 0 Å². The van der Waals surface area contributed by atoms with Crippen molar-refractivity contribution >= 4 is 5.95 Å². The van der Waals surface area contributed by atoms with E-state index in [2.05, 4.69) is 14.9 Å². The van der Waals surface area contributed by atoms with Gasteiger partial charge in [-0.15, -0.1) is 0 Å². The second-order valence-electron chi connectivity index (χ2n) is 4.98. The summed E-state index contributed by atoms with van der Waals surface area (Å²) in [6.45, 7) is 4.72. The molecule has 3 rings (SSSR count). The molecule has 0 spiro atoms. The zero-order chi connectivity index (χ0) is 14.2. The number of hydrogen-bond donors (Lipinski definition) is 0. The molecule has 2 saturated heterocycles. The van der Waals surface area contributed by atoms with Crippen LogP contribution < -0.4 is 4.90 Å². The summed E-state index contributed by atoms with van der Waals surface area (Å²) >= 11 is 0. The first-order valence-corrected chi connectivity index (χ1v) is 6.50. The molecule has 0 radical (unpaired) electrons. The number of anilines is 1. The van der Waals surface area contributed by atoms with Gasteiger partial charge in [0.25, 0.3) is 0 Å². The SMILES string of the molecule is FC(F)(F)c1cnc(N2CCN(C3COC3)CC2)nc1. The van der Waals surface area contributed by atoms with E-state index in [9.17, 15) is 13.2 Å². The van der Waals surface area contributed by atoms with E-state index in [0.717, 1.165) is 51.8 Å². The van der Waals surface area contributed by atoms with E-state index < -0.39 is 11.7 Å². The zero-order valence-electron chi connectivity index (χ0n) is 10.8. The lowest BCUT2D eigenvalue weighted by Crippen LogP contribution is -2.56. The fourth-order valence-electron chi connectivity index (χ4n) is 2.35. The fourth-order valence-corrected chi connectivity index (χ4v) is 2.35. The Morgan fingerprint density at radius 2 is 1.65 bits per heavy atom. The largest absolute Gasteiger partial charge is 0.419 e. The Bertz CT molecular complexity index is 453. The van der Waals surface area contributed by atoms with Crippen LogP contribution >= 0.6 is 0 Å².